The van der Waals surface area contributed by atoms with E-state index in [1.54, 1.807) is 6.07 Å². The molecule has 1 atom stereocenters. The molecule has 0 spiro atoms. The van der Waals surface area contributed by atoms with Gasteiger partial charge >= 0.3 is 0 Å². The molecule has 2 N–H and O–H groups in total. The lowest BCUT2D eigenvalue weighted by Crippen LogP contribution is -2.34. The molecule has 0 heterocycles. The van der Waals surface area contributed by atoms with Crippen molar-refractivity contribution in [3.63, 3.8) is 0 Å². The van der Waals surface area contributed by atoms with Gasteiger partial charge in [0.25, 0.3) is 0 Å². The molecule has 2 aromatic carbocycles. The Morgan fingerprint density at radius 3 is 2.45 bits per heavy atom. The molecule has 0 aliphatic carbocycles. The third-order valence-corrected chi connectivity index (χ3v) is 4.02. The predicted molar refractivity (Wildman–Crippen MR) is 84.3 cm³/mol. The molecule has 2 aromatic rings. The number of aliphatic hydroxyl groups is 1. The van der Waals surface area contributed by atoms with E-state index in [9.17, 15) is 5.11 Å². The zero-order valence-electron chi connectivity index (χ0n) is 11.0. The summed E-state index contributed by atoms with van der Waals surface area (Å²) < 4.78 is 0. The Hall–Kier alpha value is -1.06. The number of aliphatic hydroxyl groups excluding tert-OH is 1. The van der Waals surface area contributed by atoms with E-state index in [4.69, 9.17) is 23.2 Å². The van der Waals surface area contributed by atoms with Gasteiger partial charge in [0.2, 0.25) is 0 Å². The van der Waals surface area contributed by atoms with Gasteiger partial charge in [-0.3, -0.25) is 0 Å². The van der Waals surface area contributed by atoms with Gasteiger partial charge in [-0.05, 0) is 23.6 Å². The van der Waals surface area contributed by atoms with Crippen molar-refractivity contribution in [1.29, 1.82) is 0 Å². The maximum atomic E-state index is 9.47. The van der Waals surface area contributed by atoms with Gasteiger partial charge in [-0.2, -0.15) is 0 Å². The highest BCUT2D eigenvalue weighted by Crippen LogP contribution is 2.25. The molecule has 0 saturated heterocycles. The van der Waals surface area contributed by atoms with Crippen molar-refractivity contribution in [3.8, 4) is 0 Å². The molecule has 4 heteroatoms. The number of hydrogen-bond donors (Lipinski definition) is 2. The number of benzene rings is 2. The largest absolute Gasteiger partial charge is 0.395 e. The van der Waals surface area contributed by atoms with E-state index in [1.807, 2.05) is 30.3 Å². The summed E-state index contributed by atoms with van der Waals surface area (Å²) in [5, 5.41) is 13.9. The van der Waals surface area contributed by atoms with Crippen molar-refractivity contribution in [2.45, 2.75) is 19.0 Å². The lowest BCUT2D eigenvalue weighted by molar-refractivity contribution is 0.241. The Labute approximate surface area is 129 Å². The second-order valence-electron chi connectivity index (χ2n) is 4.66. The summed E-state index contributed by atoms with van der Waals surface area (Å²) in [6, 6.07) is 15.6. The van der Waals surface area contributed by atoms with Gasteiger partial charge in [0.1, 0.15) is 0 Å². The molecular weight excluding hydrogens is 293 g/mol. The van der Waals surface area contributed by atoms with Crippen LogP contribution in [0.5, 0.6) is 0 Å². The SMILES string of the molecule is OCC(Cc1ccccc1)NCc1cccc(Cl)c1Cl. The highest BCUT2D eigenvalue weighted by atomic mass is 35.5. The lowest BCUT2D eigenvalue weighted by atomic mass is 10.1. The lowest BCUT2D eigenvalue weighted by Gasteiger charge is -2.17. The van der Waals surface area contributed by atoms with Crippen LogP contribution >= 0.6 is 23.2 Å². The summed E-state index contributed by atoms with van der Waals surface area (Å²) in [4.78, 5) is 0. The van der Waals surface area contributed by atoms with E-state index in [1.165, 1.54) is 5.56 Å². The molecule has 0 amide bonds. The molecular formula is C16H17Cl2NO. The van der Waals surface area contributed by atoms with Gasteiger partial charge < -0.3 is 10.4 Å². The van der Waals surface area contributed by atoms with Crippen molar-refractivity contribution in [2.24, 2.45) is 0 Å². The number of halogens is 2. The van der Waals surface area contributed by atoms with Crippen LogP contribution in [0.4, 0.5) is 0 Å². The fourth-order valence-electron chi connectivity index (χ4n) is 2.04. The monoisotopic (exact) mass is 309 g/mol. The molecule has 0 saturated carbocycles. The van der Waals surface area contributed by atoms with Crippen LogP contribution in [-0.4, -0.2) is 17.8 Å². The molecule has 0 aliphatic heterocycles. The zero-order valence-corrected chi connectivity index (χ0v) is 12.5. The number of hydrogen-bond acceptors (Lipinski definition) is 2. The highest BCUT2D eigenvalue weighted by molar-refractivity contribution is 6.42. The number of rotatable bonds is 6. The molecule has 20 heavy (non-hydrogen) atoms. The standard InChI is InChI=1S/C16H17Cl2NO/c17-15-8-4-7-13(16(15)18)10-19-14(11-20)9-12-5-2-1-3-6-12/h1-8,14,19-20H,9-11H2. The first-order valence-corrected chi connectivity index (χ1v) is 7.27. The van der Waals surface area contributed by atoms with E-state index in [-0.39, 0.29) is 12.6 Å². The Balaban J connectivity index is 1.95. The topological polar surface area (TPSA) is 32.3 Å². The fourth-order valence-corrected chi connectivity index (χ4v) is 2.43. The molecule has 0 aliphatic rings. The smallest absolute Gasteiger partial charge is 0.0637 e. The van der Waals surface area contributed by atoms with E-state index in [0.29, 0.717) is 16.6 Å². The fraction of sp³-hybridized carbons (Fsp3) is 0.250. The summed E-state index contributed by atoms with van der Waals surface area (Å²) in [5.41, 5.74) is 2.13. The second-order valence-corrected chi connectivity index (χ2v) is 5.45. The molecule has 0 bridgehead atoms. The third kappa shape index (κ3) is 4.22. The Kier molecular flexibility index (Phi) is 5.86. The predicted octanol–water partition coefficient (Wildman–Crippen LogP) is 3.69. The third-order valence-electron chi connectivity index (χ3n) is 3.16. The van der Waals surface area contributed by atoms with Crippen molar-refractivity contribution in [2.75, 3.05) is 6.61 Å². The quantitative estimate of drug-likeness (QED) is 0.853. The van der Waals surface area contributed by atoms with Crippen LogP contribution in [0, 0.1) is 0 Å². The molecule has 0 aromatic heterocycles. The molecule has 0 radical (unpaired) electrons. The van der Waals surface area contributed by atoms with Gasteiger partial charge in [0, 0.05) is 12.6 Å². The Morgan fingerprint density at radius 1 is 1.00 bits per heavy atom. The molecule has 2 rings (SSSR count). The number of nitrogens with one attached hydrogen (secondary N) is 1. The maximum Gasteiger partial charge on any atom is 0.0637 e. The zero-order chi connectivity index (χ0) is 14.4. The first-order valence-electron chi connectivity index (χ1n) is 6.51. The van der Waals surface area contributed by atoms with Crippen molar-refractivity contribution in [1.82, 2.24) is 5.32 Å². The average molecular weight is 310 g/mol. The van der Waals surface area contributed by atoms with Crippen LogP contribution in [0.3, 0.4) is 0 Å². The van der Waals surface area contributed by atoms with Gasteiger partial charge in [-0.1, -0.05) is 65.7 Å². The Bertz CT molecular complexity index is 545. The van der Waals surface area contributed by atoms with Crippen molar-refractivity contribution in [3.05, 3.63) is 69.7 Å². The summed E-state index contributed by atoms with van der Waals surface area (Å²) in [6.07, 6.45) is 0.773. The molecule has 2 nitrogen and oxygen atoms in total. The van der Waals surface area contributed by atoms with Crippen molar-refractivity contribution < 1.29 is 5.11 Å². The molecule has 1 unspecified atom stereocenters. The summed E-state index contributed by atoms with van der Waals surface area (Å²) in [5.74, 6) is 0. The van der Waals surface area contributed by atoms with Crippen LogP contribution in [0.2, 0.25) is 10.0 Å². The molecule has 106 valence electrons. The van der Waals surface area contributed by atoms with Gasteiger partial charge in [-0.25, -0.2) is 0 Å². The van der Waals surface area contributed by atoms with Crippen LogP contribution < -0.4 is 5.32 Å². The van der Waals surface area contributed by atoms with Gasteiger partial charge in [0.05, 0.1) is 16.7 Å². The van der Waals surface area contributed by atoms with E-state index in [2.05, 4.69) is 17.4 Å². The summed E-state index contributed by atoms with van der Waals surface area (Å²) >= 11 is 12.1. The van der Waals surface area contributed by atoms with E-state index < -0.39 is 0 Å². The normalized spacial score (nSPS) is 12.3. The minimum absolute atomic E-state index is 0.00699. The molecule has 0 fully saturated rings. The average Bonchev–Trinajstić information content (AvgIpc) is 2.48. The second kappa shape index (κ2) is 7.65. The van der Waals surface area contributed by atoms with Crippen LogP contribution in [-0.2, 0) is 13.0 Å². The minimum atomic E-state index is -0.00699. The van der Waals surface area contributed by atoms with E-state index >= 15 is 0 Å². The minimum Gasteiger partial charge on any atom is -0.395 e. The Morgan fingerprint density at radius 2 is 1.75 bits per heavy atom. The van der Waals surface area contributed by atoms with Gasteiger partial charge in [-0.15, -0.1) is 0 Å². The van der Waals surface area contributed by atoms with Crippen molar-refractivity contribution >= 4 is 23.2 Å². The van der Waals surface area contributed by atoms with Crippen LogP contribution in [0.25, 0.3) is 0 Å². The first-order chi connectivity index (χ1) is 9.70. The van der Waals surface area contributed by atoms with Gasteiger partial charge in [0.15, 0.2) is 0 Å². The first kappa shape index (κ1) is 15.3. The highest BCUT2D eigenvalue weighted by Gasteiger charge is 2.10. The summed E-state index contributed by atoms with van der Waals surface area (Å²) in [7, 11) is 0. The summed E-state index contributed by atoms with van der Waals surface area (Å²) in [6.45, 7) is 0.657. The van der Waals surface area contributed by atoms with Crippen LogP contribution in [0.15, 0.2) is 48.5 Å². The van der Waals surface area contributed by atoms with E-state index in [0.717, 1.165) is 12.0 Å². The van der Waals surface area contributed by atoms with Crippen LogP contribution in [0.1, 0.15) is 11.1 Å². The maximum absolute atomic E-state index is 9.47.